The quantitative estimate of drug-likeness (QED) is 0.862. The van der Waals surface area contributed by atoms with Gasteiger partial charge >= 0.3 is 0 Å². The van der Waals surface area contributed by atoms with Gasteiger partial charge in [-0.25, -0.2) is 4.98 Å². The minimum atomic E-state index is 0.0574. The summed E-state index contributed by atoms with van der Waals surface area (Å²) in [6.45, 7) is 7.14. The molecule has 25 heavy (non-hydrogen) atoms. The van der Waals surface area contributed by atoms with Crippen LogP contribution in [0.3, 0.4) is 0 Å². The molecule has 4 rings (SSSR count). The third kappa shape index (κ3) is 3.35. The first-order valence-corrected chi connectivity index (χ1v) is 9.53. The average Bonchev–Trinajstić information content (AvgIpc) is 3.32. The Balaban J connectivity index is 1.71. The first-order valence-electron chi connectivity index (χ1n) is 9.53. The number of hydrogen-bond acceptors (Lipinski definition) is 5. The van der Waals surface area contributed by atoms with Crippen molar-refractivity contribution in [3.8, 4) is 0 Å². The Kier molecular flexibility index (Phi) is 4.60. The highest BCUT2D eigenvalue weighted by Crippen LogP contribution is 2.33. The number of nitrogens with zero attached hydrogens (tertiary/aromatic N) is 5. The molecule has 1 aliphatic carbocycles. The van der Waals surface area contributed by atoms with Crippen molar-refractivity contribution in [3.63, 3.8) is 0 Å². The first-order chi connectivity index (χ1) is 12.2. The second-order valence-electron chi connectivity index (χ2n) is 7.55. The van der Waals surface area contributed by atoms with Crippen LogP contribution in [0.15, 0.2) is 11.0 Å². The van der Waals surface area contributed by atoms with Gasteiger partial charge in [0.15, 0.2) is 5.65 Å². The van der Waals surface area contributed by atoms with Crippen LogP contribution in [0.1, 0.15) is 44.5 Å². The zero-order chi connectivity index (χ0) is 17.4. The van der Waals surface area contributed by atoms with Crippen LogP contribution < -0.4 is 5.56 Å². The summed E-state index contributed by atoms with van der Waals surface area (Å²) in [6, 6.07) is 0.188. The maximum absolute atomic E-state index is 13.0. The summed E-state index contributed by atoms with van der Waals surface area (Å²) in [4.78, 5) is 22.7. The molecule has 7 heteroatoms. The monoisotopic (exact) mass is 344 g/mol. The molecule has 0 aromatic carbocycles. The molecule has 2 aliphatic rings. The normalized spacial score (nSPS) is 21.0. The van der Waals surface area contributed by atoms with E-state index in [9.17, 15) is 4.79 Å². The number of rotatable bonds is 6. The maximum atomic E-state index is 13.0. The topological polar surface area (TPSA) is 70.0 Å². The molecular weight excluding hydrogens is 316 g/mol. The lowest BCUT2D eigenvalue weighted by molar-refractivity contribution is 0.102. The fourth-order valence-electron chi connectivity index (χ4n) is 3.87. The van der Waals surface area contributed by atoms with Crippen LogP contribution in [0.5, 0.6) is 0 Å². The van der Waals surface area contributed by atoms with E-state index in [1.54, 1.807) is 6.20 Å². The highest BCUT2D eigenvalue weighted by Gasteiger charge is 2.28. The van der Waals surface area contributed by atoms with Crippen molar-refractivity contribution >= 4 is 11.0 Å². The van der Waals surface area contributed by atoms with E-state index in [0.717, 1.165) is 57.3 Å². The first kappa shape index (κ1) is 16.7. The number of aromatic nitrogens is 4. The molecule has 2 fully saturated rings. The highest BCUT2D eigenvalue weighted by molar-refractivity contribution is 5.72. The fraction of sp³-hybridized carbons (Fsp3) is 0.722. The fourth-order valence-corrected chi connectivity index (χ4v) is 3.87. The van der Waals surface area contributed by atoms with Crippen LogP contribution in [0.4, 0.5) is 0 Å². The molecule has 1 saturated carbocycles. The lowest BCUT2D eigenvalue weighted by Gasteiger charge is -2.37. The van der Waals surface area contributed by atoms with Gasteiger partial charge in [-0.1, -0.05) is 19.8 Å². The van der Waals surface area contributed by atoms with Crippen LogP contribution in [0.2, 0.25) is 0 Å². The Morgan fingerprint density at radius 3 is 2.72 bits per heavy atom. The zero-order valence-electron chi connectivity index (χ0n) is 15.2. The molecule has 1 unspecified atom stereocenters. The Morgan fingerprint density at radius 1 is 1.28 bits per heavy atom. The van der Waals surface area contributed by atoms with Gasteiger partial charge in [0.1, 0.15) is 11.2 Å². The average molecular weight is 344 g/mol. The van der Waals surface area contributed by atoms with Crippen LogP contribution in [-0.2, 0) is 6.54 Å². The summed E-state index contributed by atoms with van der Waals surface area (Å²) in [5.41, 5.74) is 0.678. The molecule has 136 valence electrons. The molecule has 0 spiro atoms. The number of likely N-dealkylation sites (N-methyl/N-ethyl adjacent to an activating group) is 1. The van der Waals surface area contributed by atoms with Crippen LogP contribution in [-0.4, -0.2) is 62.8 Å². The predicted molar refractivity (Wildman–Crippen MR) is 97.6 cm³/mol. The summed E-state index contributed by atoms with van der Waals surface area (Å²) < 4.78 is 1.93. The number of fused-ring (bicyclic) bond motifs is 1. The molecule has 7 nitrogen and oxygen atoms in total. The maximum Gasteiger partial charge on any atom is 0.264 e. The molecule has 2 aromatic heterocycles. The zero-order valence-corrected chi connectivity index (χ0v) is 15.2. The molecule has 0 amide bonds. The number of aromatic amines is 1. The largest absolute Gasteiger partial charge is 0.304 e. The third-order valence-electron chi connectivity index (χ3n) is 5.72. The minimum absolute atomic E-state index is 0.0574. The number of hydrogen-bond donors (Lipinski definition) is 1. The summed E-state index contributed by atoms with van der Waals surface area (Å²) >= 11 is 0. The standard InChI is InChI=1S/C18H28N6O/c1-3-15(23-10-8-22(2)9-11-23)17-20-16-14(12-19-21-16)18(25)24(17)7-6-13-4-5-13/h12-13,15H,3-11H2,1-2H3,(H,19,21). The van der Waals surface area contributed by atoms with Crippen molar-refractivity contribution in [2.75, 3.05) is 33.2 Å². The van der Waals surface area contributed by atoms with E-state index >= 15 is 0 Å². The van der Waals surface area contributed by atoms with E-state index in [0.29, 0.717) is 11.0 Å². The second kappa shape index (κ2) is 6.88. The van der Waals surface area contributed by atoms with Crippen LogP contribution in [0, 0.1) is 5.92 Å². The van der Waals surface area contributed by atoms with Crippen molar-refractivity contribution in [1.82, 2.24) is 29.5 Å². The lowest BCUT2D eigenvalue weighted by Crippen LogP contribution is -2.47. The molecule has 2 aromatic rings. The lowest BCUT2D eigenvalue weighted by atomic mass is 10.1. The summed E-state index contributed by atoms with van der Waals surface area (Å²) in [5, 5.41) is 7.54. The molecule has 1 N–H and O–H groups in total. The van der Waals surface area contributed by atoms with Gasteiger partial charge in [-0.3, -0.25) is 19.4 Å². The Morgan fingerprint density at radius 2 is 2.04 bits per heavy atom. The third-order valence-corrected chi connectivity index (χ3v) is 5.72. The molecule has 0 bridgehead atoms. The summed E-state index contributed by atoms with van der Waals surface area (Å²) in [6.07, 6.45) is 6.26. The Bertz CT molecular complexity index is 784. The van der Waals surface area contributed by atoms with Crippen molar-refractivity contribution in [3.05, 3.63) is 22.4 Å². The van der Waals surface area contributed by atoms with E-state index in [1.807, 2.05) is 4.57 Å². The van der Waals surface area contributed by atoms with Gasteiger partial charge < -0.3 is 4.90 Å². The molecule has 0 radical (unpaired) electrons. The van der Waals surface area contributed by atoms with Gasteiger partial charge in [0, 0.05) is 32.7 Å². The van der Waals surface area contributed by atoms with E-state index in [-0.39, 0.29) is 11.6 Å². The minimum Gasteiger partial charge on any atom is -0.304 e. The van der Waals surface area contributed by atoms with Crippen molar-refractivity contribution < 1.29 is 0 Å². The second-order valence-corrected chi connectivity index (χ2v) is 7.55. The van der Waals surface area contributed by atoms with Crippen molar-refractivity contribution in [2.45, 2.75) is 45.2 Å². The molecule has 1 saturated heterocycles. The summed E-state index contributed by atoms with van der Waals surface area (Å²) in [7, 11) is 2.17. The van der Waals surface area contributed by atoms with Gasteiger partial charge in [0.05, 0.1) is 12.2 Å². The van der Waals surface area contributed by atoms with Gasteiger partial charge in [-0.15, -0.1) is 0 Å². The smallest absolute Gasteiger partial charge is 0.264 e. The molecule has 3 heterocycles. The van der Waals surface area contributed by atoms with Crippen LogP contribution >= 0.6 is 0 Å². The number of H-pyrrole nitrogens is 1. The van der Waals surface area contributed by atoms with Crippen molar-refractivity contribution in [2.24, 2.45) is 5.92 Å². The SMILES string of the molecule is CCC(c1nc2[nH]ncc2c(=O)n1CCC1CC1)N1CCN(C)CC1. The number of nitrogens with one attached hydrogen (secondary N) is 1. The van der Waals surface area contributed by atoms with E-state index in [4.69, 9.17) is 4.98 Å². The Hall–Kier alpha value is -1.73. The van der Waals surface area contributed by atoms with Gasteiger partial charge in [-0.05, 0) is 25.8 Å². The molecule has 1 atom stereocenters. The number of piperazine rings is 1. The predicted octanol–water partition coefficient (Wildman–Crippen LogP) is 1.62. The van der Waals surface area contributed by atoms with Crippen LogP contribution in [0.25, 0.3) is 11.0 Å². The Labute approximate surface area is 148 Å². The van der Waals surface area contributed by atoms with Gasteiger partial charge in [0.2, 0.25) is 0 Å². The van der Waals surface area contributed by atoms with Crippen molar-refractivity contribution in [1.29, 1.82) is 0 Å². The molecular formula is C18H28N6O. The van der Waals surface area contributed by atoms with Gasteiger partial charge in [-0.2, -0.15) is 5.10 Å². The summed E-state index contributed by atoms with van der Waals surface area (Å²) in [5.74, 6) is 1.71. The highest BCUT2D eigenvalue weighted by atomic mass is 16.1. The van der Waals surface area contributed by atoms with E-state index < -0.39 is 0 Å². The van der Waals surface area contributed by atoms with Gasteiger partial charge in [0.25, 0.3) is 5.56 Å². The molecule has 1 aliphatic heterocycles. The van der Waals surface area contributed by atoms with E-state index in [2.05, 4.69) is 34.0 Å². The van der Waals surface area contributed by atoms with E-state index in [1.165, 1.54) is 12.8 Å².